The maximum absolute atomic E-state index is 14.6. The molecule has 0 amide bonds. The Labute approximate surface area is 614 Å². The van der Waals surface area contributed by atoms with Crippen LogP contribution in [0.25, 0.3) is 0 Å². The number of hydrogen-bond acceptors (Lipinski definition) is 12. The van der Waals surface area contributed by atoms with Gasteiger partial charge < -0.3 is 59.2 Å². The maximum Gasteiger partial charge on any atom is 0.161 e. The van der Waals surface area contributed by atoms with E-state index < -0.39 is 77.2 Å². The second-order valence-electron chi connectivity index (χ2n) is 32.0. The predicted molar refractivity (Wildman–Crippen MR) is 390 cm³/mol. The van der Waals surface area contributed by atoms with Crippen LogP contribution in [0.1, 0.15) is 198 Å². The molecular weight excluding hydrogens is 1380 g/mol. The van der Waals surface area contributed by atoms with Gasteiger partial charge >= 0.3 is 0 Å². The van der Waals surface area contributed by atoms with Gasteiger partial charge in [-0.2, -0.15) is 0 Å². The average molecular weight is 1470 g/mol. The lowest BCUT2D eigenvalue weighted by Gasteiger charge is -2.43. The van der Waals surface area contributed by atoms with E-state index in [0.29, 0.717) is 75.1 Å². The van der Waals surface area contributed by atoms with Crippen molar-refractivity contribution in [2.45, 2.75) is 178 Å². The van der Waals surface area contributed by atoms with E-state index in [4.69, 9.17) is 49.5 Å². The van der Waals surface area contributed by atoms with E-state index >= 15 is 0 Å². The molecule has 8 aromatic rings. The van der Waals surface area contributed by atoms with Crippen LogP contribution in [-0.4, -0.2) is 77.3 Å². The Kier molecular flexibility index (Phi) is 21.7. The SMILES string of the molecule is CC(C)(C)c1ccc2c(c1)C1OCCOC1C(c1c(F)cccc1Cl)N2.CC(C)(C)c1ccc2c(c1)C1OCCOC1C(c1cc(F)c(F)cc1F)N2.CC(C)(C)c1ccc2c(c1)C1OCCOC1C(c1cc(F)cc(F)c1)N2.CC(C)(C)c1ccc2c(c1)C1OCCOC1C(c1cc(F)ccc1F)N2. The molecule has 8 aliphatic rings. The van der Waals surface area contributed by atoms with E-state index in [1.165, 1.54) is 41.0 Å². The normalized spacial score (nSPS) is 25.1. The summed E-state index contributed by atoms with van der Waals surface area (Å²) in [6.07, 6.45) is -2.86. The van der Waals surface area contributed by atoms with Crippen LogP contribution in [0.5, 0.6) is 0 Å². The van der Waals surface area contributed by atoms with Gasteiger partial charge in [-0.25, -0.2) is 35.1 Å². The van der Waals surface area contributed by atoms with E-state index in [2.05, 4.69) is 147 Å². The highest BCUT2D eigenvalue weighted by Crippen LogP contribution is 2.51. The summed E-state index contributed by atoms with van der Waals surface area (Å²) in [7, 11) is 0. The highest BCUT2D eigenvalue weighted by molar-refractivity contribution is 6.31. The van der Waals surface area contributed by atoms with E-state index in [-0.39, 0.29) is 75.2 Å². The standard InChI is InChI=1S/C21H23ClFNO2.C21H22F3NO2.2C21H23F2NO2/c1-21(2,3)12-7-8-16-13(11-12)19-20(26-10-9-25-19)18(24-16)17-14(22)5-4-6-15(17)23;1-21(2,3)11-4-5-17-13(8-11)19-20(27-7-6-26-19)18(25-17)12-9-15(23)16(24)10-14(12)22;1-21(2,3)12-4-7-17-15(10-12)19-20(26-9-8-25-19)18(24-17)14-11-13(22)5-6-16(14)23;1-21(2,3)13-4-5-17-16(10-13)19-20(26-7-6-25-19)18(24-17)12-8-14(22)11-15(23)9-12/h4-8,11,18-20,24H,9-10H2,1-3H3;4-5,8-10,18-20,25H,6-7H2,1-3H3;4-7,10-11,18-20,24H,8-9H2,1-3H3;4-5,8-11,18-20,24H,6-7H2,1-3H3. The third-order valence-corrected chi connectivity index (χ3v) is 21.0. The van der Waals surface area contributed by atoms with Gasteiger partial charge in [-0.1, -0.05) is 149 Å². The molecule has 0 bridgehead atoms. The second kappa shape index (κ2) is 30.2. The Morgan fingerprint density at radius 1 is 0.295 bits per heavy atom. The number of nitrogens with one attached hydrogen (secondary N) is 4. The first kappa shape index (κ1) is 75.6. The molecule has 21 heteroatoms. The Morgan fingerprint density at radius 3 is 1.03 bits per heavy atom. The minimum absolute atomic E-state index is 0.00552. The zero-order chi connectivity index (χ0) is 74.8. The molecule has 105 heavy (non-hydrogen) atoms. The number of rotatable bonds is 4. The summed E-state index contributed by atoms with van der Waals surface area (Å²) in [4.78, 5) is 0. The van der Waals surface area contributed by atoms with Crippen molar-refractivity contribution < 1.29 is 73.0 Å². The predicted octanol–water partition coefficient (Wildman–Crippen LogP) is 20.2. The molecule has 12 unspecified atom stereocenters. The Morgan fingerprint density at radius 2 is 0.638 bits per heavy atom. The summed E-state index contributed by atoms with van der Waals surface area (Å²) in [5.41, 5.74) is 13.6. The second-order valence-corrected chi connectivity index (χ2v) is 32.4. The lowest BCUT2D eigenvalue weighted by molar-refractivity contribution is -0.151. The van der Waals surface area contributed by atoms with E-state index in [1.54, 1.807) is 12.1 Å². The van der Waals surface area contributed by atoms with Gasteiger partial charge in [0.1, 0.15) is 83.7 Å². The lowest BCUT2D eigenvalue weighted by Crippen LogP contribution is -2.43. The fourth-order valence-corrected chi connectivity index (χ4v) is 15.3. The highest BCUT2D eigenvalue weighted by Gasteiger charge is 2.47. The number of anilines is 4. The molecule has 0 aromatic heterocycles. The molecule has 12 atom stereocenters. The van der Waals surface area contributed by atoms with Crippen LogP contribution in [0, 0.1) is 46.5 Å². The first-order valence-electron chi connectivity index (χ1n) is 35.8. The van der Waals surface area contributed by atoms with Crippen LogP contribution in [0.4, 0.5) is 57.9 Å². The Bertz CT molecular complexity index is 4460. The van der Waals surface area contributed by atoms with Crippen molar-refractivity contribution in [1.82, 2.24) is 0 Å². The van der Waals surface area contributed by atoms with Gasteiger partial charge in [-0.05, 0) is 122 Å². The van der Waals surface area contributed by atoms with E-state index in [0.717, 1.165) is 74.8 Å². The molecular formula is C84H91ClF8N4O8. The van der Waals surface area contributed by atoms with Gasteiger partial charge in [0, 0.05) is 78.8 Å². The molecule has 0 aliphatic carbocycles. The van der Waals surface area contributed by atoms with Crippen molar-refractivity contribution in [3.05, 3.63) is 258 Å². The van der Waals surface area contributed by atoms with Crippen LogP contribution in [0.2, 0.25) is 5.02 Å². The largest absolute Gasteiger partial charge is 0.375 e. The Balaban J connectivity index is 0.000000124. The quantitative estimate of drug-likeness (QED) is 0.0991. The number of fused-ring (bicyclic) bond motifs is 12. The van der Waals surface area contributed by atoms with Gasteiger partial charge in [0.25, 0.3) is 0 Å². The highest BCUT2D eigenvalue weighted by atomic mass is 35.5. The number of hydrogen-bond donors (Lipinski definition) is 4. The first-order valence-corrected chi connectivity index (χ1v) is 36.2. The molecule has 8 aliphatic heterocycles. The molecule has 8 heterocycles. The zero-order valence-corrected chi connectivity index (χ0v) is 61.8. The summed E-state index contributed by atoms with van der Waals surface area (Å²) in [5, 5.41) is 13.8. The lowest BCUT2D eigenvalue weighted by atomic mass is 9.82. The van der Waals surface area contributed by atoms with Gasteiger partial charge in [-0.15, -0.1) is 0 Å². The molecule has 8 aromatic carbocycles. The first-order chi connectivity index (χ1) is 49.8. The molecule has 0 radical (unpaired) electrons. The third kappa shape index (κ3) is 16.0. The van der Waals surface area contributed by atoms with Crippen LogP contribution >= 0.6 is 11.6 Å². The zero-order valence-electron chi connectivity index (χ0n) is 61.0. The number of benzene rings is 8. The Hall–Kier alpha value is -7.63. The van der Waals surface area contributed by atoms with Crippen LogP contribution < -0.4 is 21.3 Å². The van der Waals surface area contributed by atoms with Crippen molar-refractivity contribution in [3.63, 3.8) is 0 Å². The maximum atomic E-state index is 14.6. The van der Waals surface area contributed by atoms with Gasteiger partial charge in [0.2, 0.25) is 0 Å². The monoisotopic (exact) mass is 1470 g/mol. The number of ether oxygens (including phenoxy) is 8. The summed E-state index contributed by atoms with van der Waals surface area (Å²) >= 11 is 6.33. The van der Waals surface area contributed by atoms with Gasteiger partial charge in [0.15, 0.2) is 11.6 Å². The molecule has 12 nitrogen and oxygen atoms in total. The van der Waals surface area contributed by atoms with Crippen molar-refractivity contribution in [2.75, 3.05) is 74.1 Å². The van der Waals surface area contributed by atoms with E-state index in [9.17, 15) is 35.1 Å². The van der Waals surface area contributed by atoms with Crippen LogP contribution in [0.3, 0.4) is 0 Å². The summed E-state index contributed by atoms with van der Waals surface area (Å²) in [6, 6.07) is 36.1. The minimum Gasteiger partial charge on any atom is -0.375 e. The molecule has 558 valence electrons. The van der Waals surface area contributed by atoms with Crippen molar-refractivity contribution in [2.24, 2.45) is 0 Å². The van der Waals surface area contributed by atoms with Crippen molar-refractivity contribution >= 4 is 34.4 Å². The fraction of sp³-hybridized carbons (Fsp3) is 0.429. The molecule has 0 saturated carbocycles. The van der Waals surface area contributed by atoms with Gasteiger partial charge in [0.05, 0.1) is 77.0 Å². The summed E-state index contributed by atoms with van der Waals surface area (Å²) in [6.45, 7) is 29.6. The van der Waals surface area contributed by atoms with Gasteiger partial charge in [-0.3, -0.25) is 0 Å². The third-order valence-electron chi connectivity index (χ3n) is 20.6. The molecule has 4 saturated heterocycles. The van der Waals surface area contributed by atoms with Crippen LogP contribution in [-0.2, 0) is 59.6 Å². The minimum atomic E-state index is -1.21. The molecule has 16 rings (SSSR count). The van der Waals surface area contributed by atoms with Crippen LogP contribution in [0.15, 0.2) is 140 Å². The summed E-state index contributed by atoms with van der Waals surface area (Å²) in [5.74, 6) is -5.55. The summed E-state index contributed by atoms with van der Waals surface area (Å²) < 4.78 is 160. The van der Waals surface area contributed by atoms with Crippen molar-refractivity contribution in [1.29, 1.82) is 0 Å². The smallest absolute Gasteiger partial charge is 0.161 e. The molecule has 0 spiro atoms. The fourth-order valence-electron chi connectivity index (χ4n) is 15.0. The topological polar surface area (TPSA) is 122 Å². The average Bonchev–Trinajstić information content (AvgIpc) is 0.756. The molecule has 4 N–H and O–H groups in total. The van der Waals surface area contributed by atoms with E-state index in [1.807, 2.05) is 30.3 Å². The molecule has 4 fully saturated rings. The number of halogens is 9. The van der Waals surface area contributed by atoms with Crippen molar-refractivity contribution in [3.8, 4) is 0 Å².